The Hall–Kier alpha value is -0.0400. The summed E-state index contributed by atoms with van der Waals surface area (Å²) in [5, 5.41) is 0.740. The Morgan fingerprint density at radius 2 is 1.79 bits per heavy atom. The lowest BCUT2D eigenvalue weighted by molar-refractivity contribution is 0.633. The van der Waals surface area contributed by atoms with Crippen LogP contribution in [-0.4, -0.2) is 0 Å². The van der Waals surface area contributed by atoms with Crippen molar-refractivity contribution in [2.24, 2.45) is 0 Å². The maximum absolute atomic E-state index is 13.3. The molecule has 0 aliphatic heterocycles. The molecule has 78 valence electrons. The van der Waals surface area contributed by atoms with E-state index in [0.29, 0.717) is 5.30 Å². The van der Waals surface area contributed by atoms with Crippen molar-refractivity contribution in [3.8, 4) is 0 Å². The Morgan fingerprint density at radius 3 is 2.21 bits per heavy atom. The molecular weight excluding hydrogens is 243 g/mol. The van der Waals surface area contributed by atoms with E-state index in [2.05, 4.69) is 9.24 Å². The molecule has 0 aromatic heterocycles. The molecule has 0 amide bonds. The van der Waals surface area contributed by atoms with Crippen molar-refractivity contribution in [2.75, 3.05) is 5.73 Å². The summed E-state index contributed by atoms with van der Waals surface area (Å²) in [7, 11) is 2.40. The third-order valence-corrected chi connectivity index (χ3v) is 3.48. The van der Waals surface area contributed by atoms with Gasteiger partial charge in [-0.3, -0.25) is 0 Å². The summed E-state index contributed by atoms with van der Waals surface area (Å²) in [6.07, 6.45) is 0. The van der Waals surface area contributed by atoms with Crippen molar-refractivity contribution in [3.05, 3.63) is 21.4 Å². The molecule has 0 radical (unpaired) electrons. The van der Waals surface area contributed by atoms with Gasteiger partial charge in [0.1, 0.15) is 0 Å². The van der Waals surface area contributed by atoms with E-state index >= 15 is 0 Å². The summed E-state index contributed by atoms with van der Waals surface area (Å²) < 4.78 is 13.3. The number of halogens is 3. The first-order valence-electron chi connectivity index (χ1n) is 4.09. The molecule has 1 unspecified atom stereocenters. The lowest BCUT2D eigenvalue weighted by Crippen LogP contribution is -2.13. The number of nitrogens with two attached hydrogens (primary N) is 1. The summed E-state index contributed by atoms with van der Waals surface area (Å²) >= 11 is 11.6. The van der Waals surface area contributed by atoms with Gasteiger partial charge in [-0.15, -0.1) is 9.24 Å². The van der Waals surface area contributed by atoms with Crippen LogP contribution < -0.4 is 11.0 Å². The molecule has 14 heavy (non-hydrogen) atoms. The Labute approximate surface area is 95.0 Å². The zero-order valence-corrected chi connectivity index (χ0v) is 10.5. The van der Waals surface area contributed by atoms with Gasteiger partial charge in [0.05, 0.1) is 15.7 Å². The fourth-order valence-electron chi connectivity index (χ4n) is 1.28. The van der Waals surface area contributed by atoms with Crippen LogP contribution >= 0.6 is 32.4 Å². The summed E-state index contributed by atoms with van der Waals surface area (Å²) in [5.41, 5.74) is 6.38. The average molecular weight is 254 g/mol. The smallest absolute Gasteiger partial charge is 0.166 e. The zero-order chi connectivity index (χ0) is 11.0. The normalized spacial score (nSPS) is 11.1. The van der Waals surface area contributed by atoms with E-state index in [-0.39, 0.29) is 21.7 Å². The second-order valence-electron chi connectivity index (χ2n) is 3.34. The van der Waals surface area contributed by atoms with Crippen LogP contribution in [0.3, 0.4) is 0 Å². The SMILES string of the molecule is CC(C)c1c(P)c(N)c(F)c(Cl)c1Cl. The minimum Gasteiger partial charge on any atom is -0.396 e. The summed E-state index contributed by atoms with van der Waals surface area (Å²) in [4.78, 5) is 0. The molecule has 0 heterocycles. The quantitative estimate of drug-likeness (QED) is 0.464. The largest absolute Gasteiger partial charge is 0.396 e. The van der Waals surface area contributed by atoms with Gasteiger partial charge in [-0.25, -0.2) is 4.39 Å². The number of rotatable bonds is 1. The minimum absolute atomic E-state index is 0.0492. The van der Waals surface area contributed by atoms with E-state index in [0.717, 1.165) is 5.56 Å². The van der Waals surface area contributed by atoms with E-state index in [4.69, 9.17) is 28.9 Å². The number of benzene rings is 1. The molecule has 0 saturated heterocycles. The van der Waals surface area contributed by atoms with Gasteiger partial charge in [0.25, 0.3) is 0 Å². The van der Waals surface area contributed by atoms with Gasteiger partial charge >= 0.3 is 0 Å². The molecule has 2 N–H and O–H groups in total. The lowest BCUT2D eigenvalue weighted by atomic mass is 10.0. The fraction of sp³-hybridized carbons (Fsp3) is 0.333. The first-order chi connectivity index (χ1) is 6.37. The number of hydrogen-bond donors (Lipinski definition) is 1. The van der Waals surface area contributed by atoms with E-state index < -0.39 is 5.82 Å². The zero-order valence-electron chi connectivity index (χ0n) is 7.87. The molecule has 0 bridgehead atoms. The highest BCUT2D eigenvalue weighted by Crippen LogP contribution is 2.35. The molecule has 1 aromatic rings. The first-order valence-corrected chi connectivity index (χ1v) is 5.42. The van der Waals surface area contributed by atoms with Gasteiger partial charge in [-0.2, -0.15) is 0 Å². The third kappa shape index (κ3) is 1.84. The monoisotopic (exact) mass is 253 g/mol. The second-order valence-corrected chi connectivity index (χ2v) is 4.67. The maximum Gasteiger partial charge on any atom is 0.166 e. The van der Waals surface area contributed by atoms with Gasteiger partial charge in [0.2, 0.25) is 0 Å². The molecule has 0 spiro atoms. The topological polar surface area (TPSA) is 26.0 Å². The Bertz CT molecular complexity index is 351. The third-order valence-electron chi connectivity index (χ3n) is 2.02. The van der Waals surface area contributed by atoms with Gasteiger partial charge in [0.15, 0.2) is 5.82 Å². The summed E-state index contributed by atoms with van der Waals surface area (Å²) in [6, 6.07) is 0. The van der Waals surface area contributed by atoms with Gasteiger partial charge in [-0.1, -0.05) is 37.0 Å². The van der Waals surface area contributed by atoms with Crippen molar-refractivity contribution < 1.29 is 4.39 Å². The van der Waals surface area contributed by atoms with Gasteiger partial charge in [-0.05, 0) is 11.5 Å². The minimum atomic E-state index is -0.647. The number of anilines is 1. The Kier molecular flexibility index (Phi) is 3.63. The Morgan fingerprint density at radius 1 is 1.29 bits per heavy atom. The molecule has 1 nitrogen and oxygen atoms in total. The highest BCUT2D eigenvalue weighted by molar-refractivity contribution is 7.28. The fourth-order valence-corrected chi connectivity index (χ4v) is 2.58. The van der Waals surface area contributed by atoms with Crippen LogP contribution in [-0.2, 0) is 0 Å². The van der Waals surface area contributed by atoms with E-state index in [9.17, 15) is 4.39 Å². The second kappa shape index (κ2) is 4.22. The van der Waals surface area contributed by atoms with E-state index in [1.807, 2.05) is 13.8 Å². The highest BCUT2D eigenvalue weighted by atomic mass is 35.5. The van der Waals surface area contributed by atoms with Crippen LogP contribution in [0.4, 0.5) is 10.1 Å². The average Bonchev–Trinajstić information content (AvgIpc) is 2.11. The van der Waals surface area contributed by atoms with Gasteiger partial charge < -0.3 is 5.73 Å². The molecule has 0 aliphatic rings. The molecule has 5 heteroatoms. The van der Waals surface area contributed by atoms with Crippen molar-refractivity contribution in [1.82, 2.24) is 0 Å². The molecule has 1 rings (SSSR count). The molecule has 1 aromatic carbocycles. The van der Waals surface area contributed by atoms with E-state index in [1.54, 1.807) is 0 Å². The van der Waals surface area contributed by atoms with Crippen LogP contribution in [0.25, 0.3) is 0 Å². The van der Waals surface area contributed by atoms with Crippen molar-refractivity contribution in [1.29, 1.82) is 0 Å². The van der Waals surface area contributed by atoms with Crippen molar-refractivity contribution in [3.63, 3.8) is 0 Å². The molecular formula is C9H11Cl2FNP. The van der Waals surface area contributed by atoms with Crippen molar-refractivity contribution >= 4 is 43.4 Å². The van der Waals surface area contributed by atoms with Crippen LogP contribution in [0, 0.1) is 5.82 Å². The Balaban J connectivity index is 3.60. The van der Waals surface area contributed by atoms with Crippen LogP contribution in [0.15, 0.2) is 0 Å². The van der Waals surface area contributed by atoms with Crippen molar-refractivity contribution in [2.45, 2.75) is 19.8 Å². The number of hydrogen-bond acceptors (Lipinski definition) is 1. The predicted molar refractivity (Wildman–Crippen MR) is 64.3 cm³/mol. The maximum atomic E-state index is 13.3. The van der Waals surface area contributed by atoms with E-state index in [1.165, 1.54) is 0 Å². The molecule has 0 fully saturated rings. The van der Waals surface area contributed by atoms with Gasteiger partial charge in [0, 0.05) is 5.30 Å². The summed E-state index contributed by atoms with van der Waals surface area (Å²) in [5.74, 6) is -0.499. The standard InChI is InChI=1S/C9H11Cl2FNP/c1-3(2)4-5(10)6(11)7(12)8(13)9(4)14/h3H,13-14H2,1-2H3. The molecule has 0 saturated carbocycles. The predicted octanol–water partition coefficient (Wildman–Crippen LogP) is 3.34. The van der Waals surface area contributed by atoms with Crippen LogP contribution in [0.2, 0.25) is 10.0 Å². The number of nitrogen functional groups attached to an aromatic ring is 1. The molecule has 0 aliphatic carbocycles. The first kappa shape index (κ1) is 12.0. The highest BCUT2D eigenvalue weighted by Gasteiger charge is 2.19. The molecule has 1 atom stereocenters. The van der Waals surface area contributed by atoms with Crippen LogP contribution in [0.5, 0.6) is 0 Å². The summed E-state index contributed by atoms with van der Waals surface area (Å²) in [6.45, 7) is 3.89. The van der Waals surface area contributed by atoms with Crippen LogP contribution in [0.1, 0.15) is 25.3 Å². The lowest BCUT2D eigenvalue weighted by Gasteiger charge is -2.16.